The number of methoxy groups -OCH3 is 1. The van der Waals surface area contributed by atoms with Gasteiger partial charge in [-0.1, -0.05) is 11.6 Å². The highest BCUT2D eigenvalue weighted by Gasteiger charge is 2.24. The van der Waals surface area contributed by atoms with Crippen molar-refractivity contribution in [2.75, 3.05) is 23.7 Å². The van der Waals surface area contributed by atoms with Gasteiger partial charge in [0.25, 0.3) is 0 Å². The van der Waals surface area contributed by atoms with Crippen LogP contribution in [0.2, 0.25) is 5.02 Å². The smallest absolute Gasteiger partial charge is 0.326 e. The summed E-state index contributed by atoms with van der Waals surface area (Å²) in [6.45, 7) is 2.93. The molecule has 0 heterocycles. The van der Waals surface area contributed by atoms with Crippen LogP contribution in [-0.2, 0) is 19.6 Å². The Labute approximate surface area is 118 Å². The molecule has 0 amide bonds. The highest BCUT2D eigenvalue weighted by Crippen LogP contribution is 2.24. The van der Waals surface area contributed by atoms with Crippen molar-refractivity contribution in [1.82, 2.24) is 0 Å². The van der Waals surface area contributed by atoms with Gasteiger partial charge in [-0.3, -0.25) is 9.10 Å². The van der Waals surface area contributed by atoms with E-state index in [-0.39, 0.29) is 12.3 Å². The van der Waals surface area contributed by atoms with E-state index in [1.54, 1.807) is 25.1 Å². The van der Waals surface area contributed by atoms with Crippen molar-refractivity contribution in [3.8, 4) is 0 Å². The molecule has 0 atom stereocenters. The summed E-state index contributed by atoms with van der Waals surface area (Å²) in [5.41, 5.74) is 1.13. The number of benzene rings is 1. The maximum absolute atomic E-state index is 12.0. The first-order valence-corrected chi connectivity index (χ1v) is 7.64. The molecule has 5 nitrogen and oxygen atoms in total. The summed E-state index contributed by atoms with van der Waals surface area (Å²) < 4.78 is 29.6. The molecule has 0 radical (unpaired) electrons. The van der Waals surface area contributed by atoms with Gasteiger partial charge in [0.2, 0.25) is 10.0 Å². The molecule has 1 rings (SSSR count). The minimum absolute atomic E-state index is 0.105. The molecule has 0 bridgehead atoms. The number of hydrogen-bond acceptors (Lipinski definition) is 4. The van der Waals surface area contributed by atoms with Gasteiger partial charge in [0.1, 0.15) is 6.54 Å². The SMILES string of the molecule is CCS(=O)(=O)N(CC(=O)OC)c1ccc(Cl)c(C)c1. The Kier molecular flexibility index (Phi) is 5.20. The lowest BCUT2D eigenvalue weighted by atomic mass is 10.2. The molecule has 0 unspecified atom stereocenters. The van der Waals surface area contributed by atoms with Crippen LogP contribution < -0.4 is 4.31 Å². The summed E-state index contributed by atoms with van der Waals surface area (Å²) in [4.78, 5) is 11.4. The van der Waals surface area contributed by atoms with Crippen LogP contribution in [0.15, 0.2) is 18.2 Å². The van der Waals surface area contributed by atoms with Crippen molar-refractivity contribution in [3.63, 3.8) is 0 Å². The van der Waals surface area contributed by atoms with Gasteiger partial charge in [-0.2, -0.15) is 0 Å². The molecule has 0 saturated carbocycles. The normalized spacial score (nSPS) is 11.2. The molecule has 19 heavy (non-hydrogen) atoms. The van der Waals surface area contributed by atoms with Crippen molar-refractivity contribution in [2.45, 2.75) is 13.8 Å². The number of rotatable bonds is 5. The van der Waals surface area contributed by atoms with Gasteiger partial charge in [0.15, 0.2) is 0 Å². The molecule has 0 aliphatic heterocycles. The molecule has 1 aromatic carbocycles. The van der Waals surface area contributed by atoms with Gasteiger partial charge in [-0.15, -0.1) is 0 Å². The Hall–Kier alpha value is -1.27. The molecule has 106 valence electrons. The third kappa shape index (κ3) is 3.84. The number of carbonyl (C=O) groups is 1. The van der Waals surface area contributed by atoms with E-state index >= 15 is 0 Å². The molecule has 0 aliphatic rings. The fraction of sp³-hybridized carbons (Fsp3) is 0.417. The minimum Gasteiger partial charge on any atom is -0.468 e. The summed E-state index contributed by atoms with van der Waals surface area (Å²) in [5.74, 6) is -0.726. The first-order chi connectivity index (χ1) is 8.81. The van der Waals surface area contributed by atoms with Crippen molar-refractivity contribution < 1.29 is 17.9 Å². The average Bonchev–Trinajstić information content (AvgIpc) is 2.38. The van der Waals surface area contributed by atoms with Gasteiger partial charge in [-0.25, -0.2) is 8.42 Å². The number of aryl methyl sites for hydroxylation is 1. The van der Waals surface area contributed by atoms with Crippen molar-refractivity contribution in [3.05, 3.63) is 28.8 Å². The first-order valence-electron chi connectivity index (χ1n) is 5.65. The second-order valence-electron chi connectivity index (χ2n) is 3.92. The third-order valence-corrected chi connectivity index (χ3v) is 4.80. The highest BCUT2D eigenvalue weighted by molar-refractivity contribution is 7.92. The summed E-state index contributed by atoms with van der Waals surface area (Å²) in [6.07, 6.45) is 0. The predicted molar refractivity (Wildman–Crippen MR) is 75.0 cm³/mol. The molecule has 0 fully saturated rings. The molecule has 0 spiro atoms. The molecule has 0 aliphatic carbocycles. The second-order valence-corrected chi connectivity index (χ2v) is 6.51. The second kappa shape index (κ2) is 6.25. The van der Waals surface area contributed by atoms with Crippen LogP contribution in [0.5, 0.6) is 0 Å². The monoisotopic (exact) mass is 305 g/mol. The zero-order valence-electron chi connectivity index (χ0n) is 11.0. The van der Waals surface area contributed by atoms with Gasteiger partial charge < -0.3 is 4.74 Å². The topological polar surface area (TPSA) is 63.7 Å². The van der Waals surface area contributed by atoms with E-state index in [1.165, 1.54) is 14.0 Å². The number of carbonyl (C=O) groups excluding carboxylic acids is 1. The number of sulfonamides is 1. The minimum atomic E-state index is -3.56. The standard InChI is InChI=1S/C12H16ClNO4S/c1-4-19(16,17)14(8-12(15)18-3)10-5-6-11(13)9(2)7-10/h5-7H,4,8H2,1-3H3. The van der Waals surface area contributed by atoms with Crippen molar-refractivity contribution >= 4 is 33.3 Å². The largest absolute Gasteiger partial charge is 0.468 e. The number of ether oxygens (including phenoxy) is 1. The Morgan fingerprint density at radius 2 is 2.05 bits per heavy atom. The van der Waals surface area contributed by atoms with Crippen LogP contribution in [0, 0.1) is 6.92 Å². The van der Waals surface area contributed by atoms with E-state index in [1.807, 2.05) is 0 Å². The molecule has 0 aromatic heterocycles. The summed E-state index contributed by atoms with van der Waals surface area (Å²) >= 11 is 5.91. The summed E-state index contributed by atoms with van der Waals surface area (Å²) in [6, 6.07) is 4.78. The Balaban J connectivity index is 3.23. The van der Waals surface area contributed by atoms with Crippen molar-refractivity contribution in [2.24, 2.45) is 0 Å². The summed E-state index contributed by atoms with van der Waals surface area (Å²) in [5, 5.41) is 0.538. The van der Waals surface area contributed by atoms with Crippen LogP contribution >= 0.6 is 11.6 Å². The van der Waals surface area contributed by atoms with E-state index in [9.17, 15) is 13.2 Å². The lowest BCUT2D eigenvalue weighted by molar-refractivity contribution is -0.138. The number of hydrogen-bond donors (Lipinski definition) is 0. The number of halogens is 1. The van der Waals surface area contributed by atoms with Crippen LogP contribution in [0.1, 0.15) is 12.5 Å². The quantitative estimate of drug-likeness (QED) is 0.780. The van der Waals surface area contributed by atoms with Crippen LogP contribution in [-0.4, -0.2) is 33.8 Å². The van der Waals surface area contributed by atoms with Crippen LogP contribution in [0.3, 0.4) is 0 Å². The molecular formula is C12H16ClNO4S. The van der Waals surface area contributed by atoms with Gasteiger partial charge in [-0.05, 0) is 37.6 Å². The van der Waals surface area contributed by atoms with E-state index < -0.39 is 16.0 Å². The molecule has 7 heteroatoms. The number of anilines is 1. The Morgan fingerprint density at radius 1 is 1.42 bits per heavy atom. The average molecular weight is 306 g/mol. The zero-order chi connectivity index (χ0) is 14.6. The van der Waals surface area contributed by atoms with Crippen molar-refractivity contribution in [1.29, 1.82) is 0 Å². The predicted octanol–water partition coefficient (Wildman–Crippen LogP) is 1.98. The van der Waals surface area contributed by atoms with Crippen LogP contribution in [0.4, 0.5) is 5.69 Å². The van der Waals surface area contributed by atoms with Crippen LogP contribution in [0.25, 0.3) is 0 Å². The number of nitrogens with zero attached hydrogens (tertiary/aromatic N) is 1. The first kappa shape index (κ1) is 15.8. The fourth-order valence-corrected chi connectivity index (χ4v) is 2.64. The maximum Gasteiger partial charge on any atom is 0.326 e. The highest BCUT2D eigenvalue weighted by atomic mass is 35.5. The molecule has 0 saturated heterocycles. The lowest BCUT2D eigenvalue weighted by Crippen LogP contribution is -2.37. The molecular weight excluding hydrogens is 290 g/mol. The van der Waals surface area contributed by atoms with E-state index in [0.717, 1.165) is 9.87 Å². The zero-order valence-corrected chi connectivity index (χ0v) is 12.6. The third-order valence-electron chi connectivity index (χ3n) is 2.63. The van der Waals surface area contributed by atoms with E-state index in [4.69, 9.17) is 11.6 Å². The maximum atomic E-state index is 12.0. The summed E-state index contributed by atoms with van der Waals surface area (Å²) in [7, 11) is -2.34. The Bertz CT molecular complexity index is 571. The van der Waals surface area contributed by atoms with E-state index in [2.05, 4.69) is 4.74 Å². The molecule has 0 N–H and O–H groups in total. The van der Waals surface area contributed by atoms with Gasteiger partial charge in [0.05, 0.1) is 18.6 Å². The lowest BCUT2D eigenvalue weighted by Gasteiger charge is -2.23. The number of esters is 1. The molecule has 1 aromatic rings. The van der Waals surface area contributed by atoms with Gasteiger partial charge >= 0.3 is 5.97 Å². The fourth-order valence-electron chi connectivity index (χ4n) is 1.47. The Morgan fingerprint density at radius 3 is 2.53 bits per heavy atom. The van der Waals surface area contributed by atoms with Gasteiger partial charge in [0, 0.05) is 5.02 Å². The van der Waals surface area contributed by atoms with E-state index in [0.29, 0.717) is 10.7 Å².